The molecule has 0 spiro atoms. The van der Waals surface area contributed by atoms with Crippen LogP contribution in [-0.2, 0) is 19.6 Å². The van der Waals surface area contributed by atoms with Crippen LogP contribution in [0, 0.1) is 0 Å². The Hall–Kier alpha value is -1.10. The Morgan fingerprint density at radius 3 is 2.84 bits per heavy atom. The van der Waals surface area contributed by atoms with Crippen LogP contribution in [0.1, 0.15) is 22.5 Å². The summed E-state index contributed by atoms with van der Waals surface area (Å²) < 4.78 is 5.71. The number of thiazole rings is 1. The van der Waals surface area contributed by atoms with Gasteiger partial charge in [0.15, 0.2) is 0 Å². The fraction of sp³-hybridized carbons (Fsp3) is 0.357. The van der Waals surface area contributed by atoms with Gasteiger partial charge >= 0.3 is 0 Å². The molecule has 0 aliphatic carbocycles. The summed E-state index contributed by atoms with van der Waals surface area (Å²) in [6.45, 7) is 3.44. The summed E-state index contributed by atoms with van der Waals surface area (Å²) in [4.78, 5) is 5.88. The van der Waals surface area contributed by atoms with Crippen molar-refractivity contribution in [2.45, 2.75) is 26.5 Å². The highest BCUT2D eigenvalue weighted by Gasteiger charge is 2.10. The van der Waals surface area contributed by atoms with Crippen molar-refractivity contribution in [1.82, 2.24) is 10.3 Å². The lowest BCUT2D eigenvalue weighted by Gasteiger charge is -2.05. The third-order valence-electron chi connectivity index (χ3n) is 2.68. The zero-order chi connectivity index (χ0) is 13.7. The second-order valence-corrected chi connectivity index (χ2v) is 5.66. The molecule has 5 heteroatoms. The molecule has 0 aliphatic heterocycles. The van der Waals surface area contributed by atoms with Crippen LogP contribution in [0.3, 0.4) is 0 Å². The van der Waals surface area contributed by atoms with Crippen LogP contribution in [0.5, 0.6) is 5.75 Å². The highest BCUT2D eigenvalue weighted by molar-refractivity contribution is 7.11. The molecule has 0 unspecified atom stereocenters. The zero-order valence-electron chi connectivity index (χ0n) is 11.1. The van der Waals surface area contributed by atoms with Gasteiger partial charge in [-0.05, 0) is 25.6 Å². The molecular weight excluding hydrogens is 280 g/mol. The van der Waals surface area contributed by atoms with Gasteiger partial charge in [0.05, 0.1) is 10.7 Å². The number of halogens is 1. The second kappa shape index (κ2) is 6.89. The average Bonchev–Trinajstić information content (AvgIpc) is 2.81. The Bertz CT molecular complexity index is 542. The summed E-state index contributed by atoms with van der Waals surface area (Å²) in [6, 6.07) is 7.49. The molecule has 19 heavy (non-hydrogen) atoms. The molecule has 0 radical (unpaired) electrons. The van der Waals surface area contributed by atoms with E-state index < -0.39 is 0 Å². The minimum Gasteiger partial charge on any atom is -0.485 e. The quantitative estimate of drug-likeness (QED) is 0.883. The number of aromatic nitrogens is 1. The number of benzene rings is 1. The molecule has 0 aliphatic rings. The summed E-state index contributed by atoms with van der Waals surface area (Å²) >= 11 is 7.74. The number of para-hydroxylation sites is 1. The van der Waals surface area contributed by atoms with Crippen molar-refractivity contribution in [3.05, 3.63) is 44.9 Å². The number of nitrogens with one attached hydrogen (secondary N) is 1. The van der Waals surface area contributed by atoms with Gasteiger partial charge < -0.3 is 10.1 Å². The highest BCUT2D eigenvalue weighted by Crippen LogP contribution is 2.26. The molecule has 0 fully saturated rings. The van der Waals surface area contributed by atoms with Gasteiger partial charge in [0.25, 0.3) is 0 Å². The fourth-order valence-corrected chi connectivity index (χ4v) is 3.05. The van der Waals surface area contributed by atoms with Crippen LogP contribution in [-0.4, -0.2) is 12.0 Å². The normalized spacial score (nSPS) is 10.7. The number of rotatable bonds is 6. The van der Waals surface area contributed by atoms with E-state index in [1.807, 2.05) is 31.3 Å². The van der Waals surface area contributed by atoms with Gasteiger partial charge in [0.1, 0.15) is 17.4 Å². The number of hydrogen-bond acceptors (Lipinski definition) is 4. The Balaban J connectivity index is 2.05. The van der Waals surface area contributed by atoms with E-state index in [0.717, 1.165) is 23.7 Å². The van der Waals surface area contributed by atoms with Crippen LogP contribution < -0.4 is 10.1 Å². The van der Waals surface area contributed by atoms with E-state index in [-0.39, 0.29) is 0 Å². The van der Waals surface area contributed by atoms with Gasteiger partial charge in [-0.2, -0.15) is 0 Å². The highest BCUT2D eigenvalue weighted by atomic mass is 35.5. The van der Waals surface area contributed by atoms with E-state index in [0.29, 0.717) is 17.4 Å². The minimum atomic E-state index is 0.463. The van der Waals surface area contributed by atoms with Crippen LogP contribution in [0.4, 0.5) is 0 Å². The largest absolute Gasteiger partial charge is 0.485 e. The van der Waals surface area contributed by atoms with Gasteiger partial charge in [-0.3, -0.25) is 0 Å². The zero-order valence-corrected chi connectivity index (χ0v) is 12.6. The molecule has 3 nitrogen and oxygen atoms in total. The summed E-state index contributed by atoms with van der Waals surface area (Å²) in [5, 5.41) is 4.78. The molecule has 0 saturated carbocycles. The molecule has 1 N–H and O–H groups in total. The molecule has 2 aromatic rings. The maximum Gasteiger partial charge on any atom is 0.140 e. The molecule has 1 aromatic carbocycles. The van der Waals surface area contributed by atoms with Crippen molar-refractivity contribution in [1.29, 1.82) is 0 Å². The standard InChI is InChI=1S/C14H17ClN2OS/c1-3-11-13(8-16-2)19-14(17-11)9-18-12-7-5-4-6-10(12)15/h4-7,16H,3,8-9H2,1-2H3. The molecule has 0 amide bonds. The molecular formula is C14H17ClN2OS. The van der Waals surface area contributed by atoms with Crippen molar-refractivity contribution in [3.63, 3.8) is 0 Å². The summed E-state index contributed by atoms with van der Waals surface area (Å²) in [7, 11) is 1.94. The van der Waals surface area contributed by atoms with Crippen molar-refractivity contribution >= 4 is 22.9 Å². The molecule has 1 aromatic heterocycles. The second-order valence-electron chi connectivity index (χ2n) is 4.08. The predicted octanol–water partition coefficient (Wildman–Crippen LogP) is 3.66. The van der Waals surface area contributed by atoms with Crippen molar-refractivity contribution in [2.75, 3.05) is 7.05 Å². The van der Waals surface area contributed by atoms with E-state index >= 15 is 0 Å². The van der Waals surface area contributed by atoms with E-state index in [1.165, 1.54) is 4.88 Å². The topological polar surface area (TPSA) is 34.1 Å². The van der Waals surface area contributed by atoms with Gasteiger partial charge in [-0.15, -0.1) is 11.3 Å². The molecule has 1 heterocycles. The smallest absolute Gasteiger partial charge is 0.140 e. The van der Waals surface area contributed by atoms with Crippen molar-refractivity contribution in [3.8, 4) is 5.75 Å². The summed E-state index contributed by atoms with van der Waals surface area (Å²) in [5.74, 6) is 0.701. The third kappa shape index (κ3) is 3.69. The monoisotopic (exact) mass is 296 g/mol. The lowest BCUT2D eigenvalue weighted by Crippen LogP contribution is -2.05. The first-order chi connectivity index (χ1) is 9.24. The average molecular weight is 297 g/mol. The Labute approximate surface area is 122 Å². The Morgan fingerprint density at radius 1 is 1.37 bits per heavy atom. The third-order valence-corrected chi connectivity index (χ3v) is 4.07. The first kappa shape index (κ1) is 14.3. The van der Waals surface area contributed by atoms with Crippen LogP contribution in [0.15, 0.2) is 24.3 Å². The summed E-state index contributed by atoms with van der Waals surface area (Å²) in [5.41, 5.74) is 1.15. The molecule has 0 bridgehead atoms. The summed E-state index contributed by atoms with van der Waals surface area (Å²) in [6.07, 6.45) is 0.944. The molecule has 2 rings (SSSR count). The fourth-order valence-electron chi connectivity index (χ4n) is 1.77. The van der Waals surface area contributed by atoms with Gasteiger partial charge in [-0.25, -0.2) is 4.98 Å². The van der Waals surface area contributed by atoms with Gasteiger partial charge in [0, 0.05) is 11.4 Å². The lowest BCUT2D eigenvalue weighted by molar-refractivity contribution is 0.305. The van der Waals surface area contributed by atoms with Crippen molar-refractivity contribution in [2.24, 2.45) is 0 Å². The Morgan fingerprint density at radius 2 is 2.16 bits per heavy atom. The van der Waals surface area contributed by atoms with Crippen LogP contribution in [0.25, 0.3) is 0 Å². The maximum absolute atomic E-state index is 6.05. The first-order valence-electron chi connectivity index (χ1n) is 6.24. The van der Waals surface area contributed by atoms with Crippen LogP contribution in [0.2, 0.25) is 5.02 Å². The van der Waals surface area contributed by atoms with Crippen LogP contribution >= 0.6 is 22.9 Å². The van der Waals surface area contributed by atoms with E-state index in [4.69, 9.17) is 16.3 Å². The first-order valence-corrected chi connectivity index (χ1v) is 7.43. The lowest BCUT2D eigenvalue weighted by atomic mass is 10.3. The number of nitrogens with zero attached hydrogens (tertiary/aromatic N) is 1. The number of hydrogen-bond donors (Lipinski definition) is 1. The van der Waals surface area contributed by atoms with Gasteiger partial charge in [0.2, 0.25) is 0 Å². The molecule has 0 atom stereocenters. The van der Waals surface area contributed by atoms with E-state index in [2.05, 4.69) is 17.2 Å². The maximum atomic E-state index is 6.05. The predicted molar refractivity (Wildman–Crippen MR) is 80.0 cm³/mol. The number of aryl methyl sites for hydroxylation is 1. The van der Waals surface area contributed by atoms with E-state index in [1.54, 1.807) is 11.3 Å². The van der Waals surface area contributed by atoms with Gasteiger partial charge in [-0.1, -0.05) is 30.7 Å². The minimum absolute atomic E-state index is 0.463. The van der Waals surface area contributed by atoms with E-state index in [9.17, 15) is 0 Å². The molecule has 102 valence electrons. The molecule has 0 saturated heterocycles. The Kier molecular flexibility index (Phi) is 5.19. The number of ether oxygens (including phenoxy) is 1. The van der Waals surface area contributed by atoms with Crippen molar-refractivity contribution < 1.29 is 4.74 Å². The SMILES string of the molecule is CCc1nc(COc2ccccc2Cl)sc1CNC.